The minimum absolute atomic E-state index is 0.0527. The molecule has 90 valence electrons. The fourth-order valence-electron chi connectivity index (χ4n) is 0.999. The first kappa shape index (κ1) is 13.2. The van der Waals surface area contributed by atoms with E-state index in [1.807, 2.05) is 0 Å². The molecule has 2 amide bonds. The molecule has 0 atom stereocenters. The quantitative estimate of drug-likeness (QED) is 0.639. The van der Waals surface area contributed by atoms with Gasteiger partial charge in [0.15, 0.2) is 0 Å². The van der Waals surface area contributed by atoms with E-state index in [2.05, 4.69) is 22.5 Å². The number of carbonyl (C=O) groups excluding carboxylic acids is 2. The lowest BCUT2D eigenvalue weighted by molar-refractivity contribution is -0.119. The normalized spacial score (nSPS) is 9.06. The standard InChI is InChI=1S/C11H12N2O3S/c1-12-10(15)6-13-11(16)8-5-9(17-7-8)3-2-4-14/h5,7,14H,4,6H2,1H3,(H,12,15)(H,13,16). The summed E-state index contributed by atoms with van der Waals surface area (Å²) in [6.07, 6.45) is 0. The molecule has 0 saturated heterocycles. The Kier molecular flexibility index (Phi) is 5.20. The van der Waals surface area contributed by atoms with E-state index in [0.717, 1.165) is 0 Å². The molecule has 1 aromatic rings. The molecule has 0 fully saturated rings. The van der Waals surface area contributed by atoms with E-state index >= 15 is 0 Å². The molecular formula is C11H12N2O3S. The van der Waals surface area contributed by atoms with E-state index in [1.165, 1.54) is 18.4 Å². The molecule has 1 aromatic heterocycles. The molecule has 0 spiro atoms. The highest BCUT2D eigenvalue weighted by Crippen LogP contribution is 2.13. The Morgan fingerprint density at radius 1 is 1.53 bits per heavy atom. The third-order valence-corrected chi connectivity index (χ3v) is 2.69. The van der Waals surface area contributed by atoms with Gasteiger partial charge >= 0.3 is 0 Å². The van der Waals surface area contributed by atoms with E-state index in [-0.39, 0.29) is 25.0 Å². The minimum atomic E-state index is -0.318. The molecule has 0 unspecified atom stereocenters. The zero-order valence-electron chi connectivity index (χ0n) is 9.24. The highest BCUT2D eigenvalue weighted by molar-refractivity contribution is 7.10. The first-order valence-electron chi connectivity index (χ1n) is 4.84. The maximum atomic E-state index is 11.6. The maximum Gasteiger partial charge on any atom is 0.252 e. The summed E-state index contributed by atoms with van der Waals surface area (Å²) in [5.41, 5.74) is 0.459. The van der Waals surface area contributed by atoms with Gasteiger partial charge in [-0.05, 0) is 6.07 Å². The number of hydrogen-bond donors (Lipinski definition) is 3. The Hall–Kier alpha value is -1.84. The molecule has 6 heteroatoms. The number of likely N-dealkylation sites (N-methyl/N-ethyl adjacent to an activating group) is 1. The molecule has 0 bridgehead atoms. The number of nitrogens with one attached hydrogen (secondary N) is 2. The van der Waals surface area contributed by atoms with Crippen LogP contribution >= 0.6 is 11.3 Å². The molecule has 0 aliphatic carbocycles. The predicted octanol–water partition coefficient (Wildman–Crippen LogP) is -0.432. The lowest BCUT2D eigenvalue weighted by Crippen LogP contribution is -2.34. The summed E-state index contributed by atoms with van der Waals surface area (Å²) in [4.78, 5) is 23.2. The van der Waals surface area contributed by atoms with Gasteiger partial charge in [-0.15, -0.1) is 11.3 Å². The zero-order valence-corrected chi connectivity index (χ0v) is 10.1. The lowest BCUT2D eigenvalue weighted by Gasteiger charge is -2.01. The largest absolute Gasteiger partial charge is 0.384 e. The lowest BCUT2D eigenvalue weighted by atomic mass is 10.3. The summed E-state index contributed by atoms with van der Waals surface area (Å²) in [6, 6.07) is 1.62. The van der Waals surface area contributed by atoms with Crippen molar-refractivity contribution < 1.29 is 14.7 Å². The summed E-state index contributed by atoms with van der Waals surface area (Å²) in [7, 11) is 1.50. The zero-order chi connectivity index (χ0) is 12.7. The number of aliphatic hydroxyl groups excluding tert-OH is 1. The number of thiophene rings is 1. The van der Waals surface area contributed by atoms with Crippen molar-refractivity contribution in [1.29, 1.82) is 0 Å². The Labute approximate surface area is 103 Å². The molecule has 3 N–H and O–H groups in total. The Morgan fingerprint density at radius 3 is 2.94 bits per heavy atom. The molecule has 0 saturated carbocycles. The Bertz CT molecular complexity index is 471. The monoisotopic (exact) mass is 252 g/mol. The molecule has 0 aliphatic rings. The fraction of sp³-hybridized carbons (Fsp3) is 0.273. The molecular weight excluding hydrogens is 240 g/mol. The summed E-state index contributed by atoms with van der Waals surface area (Å²) in [5.74, 6) is 4.63. The van der Waals surface area contributed by atoms with Crippen molar-refractivity contribution in [2.75, 3.05) is 20.2 Å². The van der Waals surface area contributed by atoms with Gasteiger partial charge in [-0.1, -0.05) is 11.8 Å². The SMILES string of the molecule is CNC(=O)CNC(=O)c1csc(C#CCO)c1. The van der Waals surface area contributed by atoms with Crippen LogP contribution in [0.5, 0.6) is 0 Å². The highest BCUT2D eigenvalue weighted by Gasteiger charge is 2.08. The van der Waals surface area contributed by atoms with Crippen LogP contribution in [0, 0.1) is 11.8 Å². The van der Waals surface area contributed by atoms with Gasteiger partial charge in [0.2, 0.25) is 5.91 Å². The van der Waals surface area contributed by atoms with Gasteiger partial charge in [0.25, 0.3) is 5.91 Å². The van der Waals surface area contributed by atoms with Crippen molar-refractivity contribution in [2.24, 2.45) is 0 Å². The van der Waals surface area contributed by atoms with Crippen LogP contribution in [-0.2, 0) is 4.79 Å². The van der Waals surface area contributed by atoms with Crippen LogP contribution in [0.15, 0.2) is 11.4 Å². The van der Waals surface area contributed by atoms with Gasteiger partial charge in [-0.25, -0.2) is 0 Å². The van der Waals surface area contributed by atoms with E-state index < -0.39 is 0 Å². The van der Waals surface area contributed by atoms with Crippen LogP contribution in [0.25, 0.3) is 0 Å². The van der Waals surface area contributed by atoms with Gasteiger partial charge in [0.05, 0.1) is 17.0 Å². The average Bonchev–Trinajstić information content (AvgIpc) is 2.81. The van der Waals surface area contributed by atoms with E-state index in [0.29, 0.717) is 10.4 Å². The average molecular weight is 252 g/mol. The number of carbonyl (C=O) groups is 2. The van der Waals surface area contributed by atoms with Gasteiger partial charge in [-0.3, -0.25) is 9.59 Å². The smallest absolute Gasteiger partial charge is 0.252 e. The number of rotatable bonds is 3. The summed E-state index contributed by atoms with van der Waals surface area (Å²) >= 11 is 1.31. The Morgan fingerprint density at radius 2 is 2.29 bits per heavy atom. The van der Waals surface area contributed by atoms with Crippen molar-refractivity contribution in [2.45, 2.75) is 0 Å². The van der Waals surface area contributed by atoms with Crippen molar-refractivity contribution in [3.63, 3.8) is 0 Å². The fourth-order valence-corrected chi connectivity index (χ4v) is 1.75. The van der Waals surface area contributed by atoms with Crippen molar-refractivity contribution in [3.8, 4) is 11.8 Å². The second kappa shape index (κ2) is 6.68. The van der Waals surface area contributed by atoms with Crippen LogP contribution in [0.4, 0.5) is 0 Å². The minimum Gasteiger partial charge on any atom is -0.384 e. The predicted molar refractivity (Wildman–Crippen MR) is 64.7 cm³/mol. The molecule has 0 aliphatic heterocycles. The molecule has 5 nitrogen and oxygen atoms in total. The molecule has 0 radical (unpaired) electrons. The van der Waals surface area contributed by atoms with Crippen LogP contribution in [-0.4, -0.2) is 37.1 Å². The second-order valence-electron chi connectivity index (χ2n) is 3.02. The van der Waals surface area contributed by atoms with Crippen LogP contribution < -0.4 is 10.6 Å². The molecule has 1 rings (SSSR count). The maximum absolute atomic E-state index is 11.6. The highest BCUT2D eigenvalue weighted by atomic mass is 32.1. The topological polar surface area (TPSA) is 78.4 Å². The van der Waals surface area contributed by atoms with Gasteiger partial charge < -0.3 is 15.7 Å². The summed E-state index contributed by atoms with van der Waals surface area (Å²) in [6.45, 7) is -0.265. The van der Waals surface area contributed by atoms with E-state index in [1.54, 1.807) is 11.4 Å². The third-order valence-electron chi connectivity index (χ3n) is 1.84. The van der Waals surface area contributed by atoms with Crippen LogP contribution in [0.1, 0.15) is 15.2 Å². The van der Waals surface area contributed by atoms with Crippen molar-refractivity contribution in [3.05, 3.63) is 21.9 Å². The first-order chi connectivity index (χ1) is 8.17. The first-order valence-corrected chi connectivity index (χ1v) is 5.72. The number of amides is 2. The summed E-state index contributed by atoms with van der Waals surface area (Å²) in [5, 5.41) is 15.1. The van der Waals surface area contributed by atoms with E-state index in [4.69, 9.17) is 5.11 Å². The van der Waals surface area contributed by atoms with E-state index in [9.17, 15) is 9.59 Å². The Balaban J connectivity index is 2.58. The van der Waals surface area contributed by atoms with Crippen LogP contribution in [0.2, 0.25) is 0 Å². The van der Waals surface area contributed by atoms with Crippen LogP contribution in [0.3, 0.4) is 0 Å². The van der Waals surface area contributed by atoms with Gasteiger partial charge in [0.1, 0.15) is 6.61 Å². The van der Waals surface area contributed by atoms with Crippen molar-refractivity contribution in [1.82, 2.24) is 10.6 Å². The molecule has 17 heavy (non-hydrogen) atoms. The van der Waals surface area contributed by atoms with Gasteiger partial charge in [-0.2, -0.15) is 0 Å². The number of hydrogen-bond acceptors (Lipinski definition) is 4. The third kappa shape index (κ3) is 4.26. The van der Waals surface area contributed by atoms with Gasteiger partial charge in [0, 0.05) is 12.4 Å². The van der Waals surface area contributed by atoms with Crippen molar-refractivity contribution >= 4 is 23.2 Å². The number of aliphatic hydroxyl groups is 1. The molecule has 0 aromatic carbocycles. The summed E-state index contributed by atoms with van der Waals surface area (Å²) < 4.78 is 0. The molecule has 1 heterocycles. The second-order valence-corrected chi connectivity index (χ2v) is 3.93.